The molecule has 7 heteroatoms. The number of amides is 1. The molecule has 2 aromatic rings. The lowest BCUT2D eigenvalue weighted by Gasteiger charge is -2.18. The van der Waals surface area contributed by atoms with Crippen molar-refractivity contribution in [2.45, 2.75) is 13.8 Å². The lowest BCUT2D eigenvalue weighted by atomic mass is 10.0. The average molecular weight is 449 g/mol. The summed E-state index contributed by atoms with van der Waals surface area (Å²) in [6.07, 6.45) is 1.82. The predicted molar refractivity (Wildman–Crippen MR) is 128 cm³/mol. The highest BCUT2D eigenvalue weighted by Gasteiger charge is 2.16. The van der Waals surface area contributed by atoms with E-state index in [1.54, 1.807) is 27.4 Å². The molecule has 0 radical (unpaired) electrons. The Morgan fingerprint density at radius 2 is 1.52 bits per heavy atom. The number of rotatable bonds is 11. The van der Waals surface area contributed by atoms with E-state index in [9.17, 15) is 4.79 Å². The average Bonchev–Trinajstić information content (AvgIpc) is 2.80. The number of carbonyl (C=O) groups excluding carboxylic acids is 1. The van der Waals surface area contributed by atoms with Crippen LogP contribution in [0.4, 0.5) is 0 Å². The van der Waals surface area contributed by atoms with Gasteiger partial charge in [-0.1, -0.05) is 44.2 Å². The number of halogens is 1. The van der Waals surface area contributed by atoms with E-state index in [1.165, 1.54) is 0 Å². The zero-order valence-electron chi connectivity index (χ0n) is 18.9. The molecule has 0 aromatic heterocycles. The highest BCUT2D eigenvalue weighted by molar-refractivity contribution is 6.24. The van der Waals surface area contributed by atoms with E-state index in [0.717, 1.165) is 30.8 Å². The summed E-state index contributed by atoms with van der Waals surface area (Å²) in [4.78, 5) is 15.4. The van der Waals surface area contributed by atoms with Crippen molar-refractivity contribution in [1.82, 2.24) is 10.2 Å². The van der Waals surface area contributed by atoms with Gasteiger partial charge in [0.25, 0.3) is 5.91 Å². The van der Waals surface area contributed by atoms with Crippen LogP contribution in [0.1, 0.15) is 25.0 Å². The van der Waals surface area contributed by atoms with Crippen LogP contribution in [0.25, 0.3) is 11.6 Å². The Morgan fingerprint density at radius 3 is 2.06 bits per heavy atom. The monoisotopic (exact) mass is 448 g/mol. The fourth-order valence-corrected chi connectivity index (χ4v) is 3.18. The molecule has 0 heterocycles. The van der Waals surface area contributed by atoms with Crippen molar-refractivity contribution in [3.05, 3.63) is 53.6 Å². The van der Waals surface area contributed by atoms with E-state index in [1.807, 2.05) is 42.5 Å². The molecule has 0 fully saturated rings. The first-order valence-electron chi connectivity index (χ1n) is 10.2. The van der Waals surface area contributed by atoms with Gasteiger partial charge in [0.2, 0.25) is 0 Å². The van der Waals surface area contributed by atoms with Crippen LogP contribution in [0.5, 0.6) is 17.2 Å². The van der Waals surface area contributed by atoms with Crippen LogP contribution in [0, 0.1) is 0 Å². The predicted octanol–water partition coefficient (Wildman–Crippen LogP) is 4.13. The fourth-order valence-electron chi connectivity index (χ4n) is 3.18. The van der Waals surface area contributed by atoms with Gasteiger partial charge in [0.05, 0.1) is 21.3 Å². The smallest absolute Gasteiger partial charge is 0.251 e. The summed E-state index contributed by atoms with van der Waals surface area (Å²) < 4.78 is 16.3. The van der Waals surface area contributed by atoms with Crippen LogP contribution in [-0.2, 0) is 4.79 Å². The van der Waals surface area contributed by atoms with Gasteiger partial charge in [0.15, 0.2) is 11.5 Å². The lowest BCUT2D eigenvalue weighted by molar-refractivity contribution is -0.115. The van der Waals surface area contributed by atoms with Gasteiger partial charge in [-0.3, -0.25) is 4.79 Å². The standard InChI is InChI=1S/C24H32N2O4.ClH/c1-6-26(7-2)14-13-25-24(27)20(18-11-9-8-10-12-18)15-19-16-22(29-4)23(30-5)17-21(19)28-3;/h8-12,15-17H,6-7,13-14H2,1-5H3,(H,25,27);1H. The second-order valence-corrected chi connectivity index (χ2v) is 6.66. The zero-order chi connectivity index (χ0) is 21.9. The number of nitrogens with one attached hydrogen (secondary N) is 1. The van der Waals surface area contributed by atoms with Crippen LogP contribution in [0.2, 0.25) is 0 Å². The Bertz CT molecular complexity index is 852. The van der Waals surface area contributed by atoms with Gasteiger partial charge < -0.3 is 24.4 Å². The van der Waals surface area contributed by atoms with Crippen molar-refractivity contribution in [3.63, 3.8) is 0 Å². The number of hydrogen-bond donors (Lipinski definition) is 1. The molecule has 0 spiro atoms. The summed E-state index contributed by atoms with van der Waals surface area (Å²) in [6.45, 7) is 7.52. The van der Waals surface area contributed by atoms with Crippen LogP contribution in [-0.4, -0.2) is 58.3 Å². The summed E-state index contributed by atoms with van der Waals surface area (Å²) in [7, 11) is 4.74. The quantitative estimate of drug-likeness (QED) is 0.413. The molecule has 0 unspecified atom stereocenters. The maximum absolute atomic E-state index is 13.1. The van der Waals surface area contributed by atoms with Crippen LogP contribution in [0.15, 0.2) is 42.5 Å². The first kappa shape index (κ1) is 26.3. The molecule has 0 bridgehead atoms. The van der Waals surface area contributed by atoms with Crippen LogP contribution in [0.3, 0.4) is 0 Å². The van der Waals surface area contributed by atoms with E-state index in [0.29, 0.717) is 29.4 Å². The summed E-state index contributed by atoms with van der Waals surface area (Å²) in [5.74, 6) is 1.59. The number of methoxy groups -OCH3 is 3. The van der Waals surface area contributed by atoms with Crippen LogP contribution < -0.4 is 19.5 Å². The molecule has 0 aliphatic rings. The van der Waals surface area contributed by atoms with E-state index in [2.05, 4.69) is 24.1 Å². The number of likely N-dealkylation sites (N-methyl/N-ethyl adjacent to an activating group) is 1. The Morgan fingerprint density at radius 1 is 0.935 bits per heavy atom. The Labute approximate surface area is 191 Å². The first-order chi connectivity index (χ1) is 14.6. The normalized spacial score (nSPS) is 11.0. The molecule has 2 rings (SSSR count). The van der Waals surface area contributed by atoms with Gasteiger partial charge in [-0.15, -0.1) is 12.4 Å². The topological polar surface area (TPSA) is 60.0 Å². The summed E-state index contributed by atoms with van der Waals surface area (Å²) in [5, 5.41) is 3.04. The third-order valence-corrected chi connectivity index (χ3v) is 4.97. The Balaban J connectivity index is 0.00000480. The molecule has 170 valence electrons. The molecule has 31 heavy (non-hydrogen) atoms. The van der Waals surface area contributed by atoms with Crippen molar-refractivity contribution in [1.29, 1.82) is 0 Å². The second kappa shape index (κ2) is 13.6. The molecule has 1 N–H and O–H groups in total. The zero-order valence-corrected chi connectivity index (χ0v) is 19.8. The van der Waals surface area contributed by atoms with E-state index in [4.69, 9.17) is 14.2 Å². The number of nitrogens with zero attached hydrogens (tertiary/aromatic N) is 1. The minimum absolute atomic E-state index is 0. The second-order valence-electron chi connectivity index (χ2n) is 6.66. The van der Waals surface area contributed by atoms with Gasteiger partial charge in [-0.25, -0.2) is 0 Å². The summed E-state index contributed by atoms with van der Waals surface area (Å²) in [5.41, 5.74) is 2.11. The first-order valence-corrected chi connectivity index (χ1v) is 10.2. The summed E-state index contributed by atoms with van der Waals surface area (Å²) >= 11 is 0. The highest BCUT2D eigenvalue weighted by Crippen LogP contribution is 2.36. The molecular formula is C24H33ClN2O4. The molecule has 0 atom stereocenters. The lowest BCUT2D eigenvalue weighted by Crippen LogP contribution is -2.35. The van der Waals surface area contributed by atoms with Gasteiger partial charge in [-0.2, -0.15) is 0 Å². The Kier molecular flexibility index (Phi) is 11.5. The fraction of sp³-hybridized carbons (Fsp3) is 0.375. The van der Waals surface area contributed by atoms with Gasteiger partial charge in [0.1, 0.15) is 5.75 Å². The minimum atomic E-state index is -0.134. The van der Waals surface area contributed by atoms with Crippen molar-refractivity contribution in [3.8, 4) is 17.2 Å². The number of ether oxygens (including phenoxy) is 3. The van der Waals surface area contributed by atoms with E-state index in [-0.39, 0.29) is 18.3 Å². The molecule has 6 nitrogen and oxygen atoms in total. The van der Waals surface area contributed by atoms with Gasteiger partial charge in [-0.05, 0) is 30.8 Å². The van der Waals surface area contributed by atoms with Crippen molar-refractivity contribution in [2.75, 3.05) is 47.5 Å². The largest absolute Gasteiger partial charge is 0.496 e. The molecule has 0 aliphatic carbocycles. The molecular weight excluding hydrogens is 416 g/mol. The molecule has 1 amide bonds. The third kappa shape index (κ3) is 7.19. The molecule has 0 saturated carbocycles. The number of hydrogen-bond acceptors (Lipinski definition) is 5. The molecule has 0 aliphatic heterocycles. The highest BCUT2D eigenvalue weighted by atomic mass is 35.5. The van der Waals surface area contributed by atoms with Crippen molar-refractivity contribution < 1.29 is 19.0 Å². The molecule has 0 saturated heterocycles. The Hall–Kier alpha value is -2.70. The minimum Gasteiger partial charge on any atom is -0.496 e. The van der Waals surface area contributed by atoms with Crippen molar-refractivity contribution in [2.24, 2.45) is 0 Å². The SMILES string of the molecule is CCN(CC)CCNC(=O)C(=Cc1cc(OC)c(OC)cc1OC)c1ccccc1.Cl. The van der Waals surface area contributed by atoms with Gasteiger partial charge >= 0.3 is 0 Å². The maximum Gasteiger partial charge on any atom is 0.251 e. The van der Waals surface area contributed by atoms with Crippen molar-refractivity contribution >= 4 is 30.0 Å². The van der Waals surface area contributed by atoms with Crippen LogP contribution >= 0.6 is 12.4 Å². The number of benzene rings is 2. The van der Waals surface area contributed by atoms with E-state index >= 15 is 0 Å². The third-order valence-electron chi connectivity index (χ3n) is 4.97. The summed E-state index contributed by atoms with van der Waals surface area (Å²) in [6, 6.07) is 13.2. The molecule has 2 aromatic carbocycles. The maximum atomic E-state index is 13.1. The number of carbonyl (C=O) groups is 1. The van der Waals surface area contributed by atoms with E-state index < -0.39 is 0 Å². The van der Waals surface area contributed by atoms with Gasteiger partial charge in [0, 0.05) is 30.3 Å².